The van der Waals surface area contributed by atoms with E-state index in [4.69, 9.17) is 15.0 Å². The van der Waals surface area contributed by atoms with Crippen molar-refractivity contribution in [2.75, 3.05) is 39.9 Å². The van der Waals surface area contributed by atoms with Crippen molar-refractivity contribution in [2.24, 2.45) is 5.73 Å². The number of nitrogens with zero attached hydrogens (tertiary/aromatic N) is 3. The Morgan fingerprint density at radius 3 is 2.39 bits per heavy atom. The van der Waals surface area contributed by atoms with Crippen molar-refractivity contribution >= 4 is 30.7 Å². The Hall–Kier alpha value is -0.860. The fraction of sp³-hybridized carbons (Fsp3) is 0.714. The lowest BCUT2D eigenvalue weighted by Gasteiger charge is -2.35. The quantitative estimate of drug-likeness (QED) is 0.825. The first kappa shape index (κ1) is 22.1. The number of hydrogen-bond donors (Lipinski definition) is 1. The molecule has 134 valence electrons. The van der Waals surface area contributed by atoms with Crippen LogP contribution in [0.25, 0.3) is 0 Å². The van der Waals surface area contributed by atoms with E-state index in [1.54, 1.807) is 7.11 Å². The van der Waals surface area contributed by atoms with E-state index in [-0.39, 0.29) is 37.3 Å². The molecule has 0 radical (unpaired) electrons. The van der Waals surface area contributed by atoms with Crippen LogP contribution in [0, 0.1) is 13.8 Å². The van der Waals surface area contributed by atoms with Gasteiger partial charge < -0.3 is 19.9 Å². The van der Waals surface area contributed by atoms with Crippen LogP contribution in [0.1, 0.15) is 17.0 Å². The molecule has 2 rings (SSSR count). The minimum absolute atomic E-state index is 0. The van der Waals surface area contributed by atoms with Crippen LogP contribution >= 0.6 is 24.8 Å². The molecule has 9 heteroatoms. The second-order valence-electron chi connectivity index (χ2n) is 5.47. The van der Waals surface area contributed by atoms with Gasteiger partial charge in [-0.3, -0.25) is 9.69 Å². The average Bonchev–Trinajstić information content (AvgIpc) is 2.79. The standard InChI is InChI=1S/C14H24N4O3.2ClH/c1-10-12(11(2)21-16-10)8-17-4-6-18(7-5-17)14(19)13(15)9-20-3;;/h13H,4-9,15H2,1-3H3;2*1H. The van der Waals surface area contributed by atoms with E-state index in [1.807, 2.05) is 18.7 Å². The zero-order valence-corrected chi connectivity index (χ0v) is 15.4. The first-order valence-corrected chi connectivity index (χ1v) is 7.20. The normalized spacial score (nSPS) is 16.4. The number of halogens is 2. The molecule has 1 saturated heterocycles. The smallest absolute Gasteiger partial charge is 0.241 e. The van der Waals surface area contributed by atoms with Gasteiger partial charge in [0.25, 0.3) is 0 Å². The summed E-state index contributed by atoms with van der Waals surface area (Å²) in [6.07, 6.45) is 0. The highest BCUT2D eigenvalue weighted by atomic mass is 35.5. The minimum Gasteiger partial charge on any atom is -0.383 e. The van der Waals surface area contributed by atoms with Gasteiger partial charge in [-0.15, -0.1) is 24.8 Å². The lowest BCUT2D eigenvalue weighted by Crippen LogP contribution is -2.53. The molecule has 2 N–H and O–H groups in total. The van der Waals surface area contributed by atoms with E-state index in [2.05, 4.69) is 10.1 Å². The number of carbonyl (C=O) groups is 1. The summed E-state index contributed by atoms with van der Waals surface area (Å²) in [6, 6.07) is -0.566. The van der Waals surface area contributed by atoms with Gasteiger partial charge in [0, 0.05) is 45.4 Å². The Labute approximate surface area is 149 Å². The number of amides is 1. The molecular formula is C14H26Cl2N4O3. The van der Waals surface area contributed by atoms with E-state index in [9.17, 15) is 4.79 Å². The Morgan fingerprint density at radius 2 is 1.91 bits per heavy atom. The predicted molar refractivity (Wildman–Crippen MR) is 92.2 cm³/mol. The number of hydrogen-bond acceptors (Lipinski definition) is 6. The van der Waals surface area contributed by atoms with Crippen molar-refractivity contribution in [3.05, 3.63) is 17.0 Å². The minimum atomic E-state index is -0.566. The number of ether oxygens (including phenoxy) is 1. The van der Waals surface area contributed by atoms with Crippen LogP contribution in [0.4, 0.5) is 0 Å². The SMILES string of the molecule is COCC(N)C(=O)N1CCN(Cc2c(C)noc2C)CC1.Cl.Cl. The molecule has 1 unspecified atom stereocenters. The van der Waals surface area contributed by atoms with Crippen molar-refractivity contribution in [1.29, 1.82) is 0 Å². The summed E-state index contributed by atoms with van der Waals surface area (Å²) in [5.74, 6) is 0.835. The Balaban J connectivity index is 0.00000242. The maximum absolute atomic E-state index is 12.1. The molecule has 7 nitrogen and oxygen atoms in total. The number of nitrogens with two attached hydrogens (primary N) is 1. The van der Waals surface area contributed by atoms with Crippen LogP contribution in [0.2, 0.25) is 0 Å². The second-order valence-corrected chi connectivity index (χ2v) is 5.47. The van der Waals surface area contributed by atoms with Crippen LogP contribution in [0.15, 0.2) is 4.52 Å². The van der Waals surface area contributed by atoms with Gasteiger partial charge in [0.1, 0.15) is 11.8 Å². The molecular weight excluding hydrogens is 343 g/mol. The molecule has 0 aliphatic carbocycles. The lowest BCUT2D eigenvalue weighted by atomic mass is 10.1. The number of carbonyl (C=O) groups excluding carboxylic acids is 1. The highest BCUT2D eigenvalue weighted by Gasteiger charge is 2.26. The van der Waals surface area contributed by atoms with Crippen molar-refractivity contribution in [1.82, 2.24) is 15.0 Å². The first-order chi connectivity index (χ1) is 10.0. The maximum Gasteiger partial charge on any atom is 0.241 e. The predicted octanol–water partition coefficient (Wildman–Crippen LogP) is 0.753. The zero-order valence-electron chi connectivity index (χ0n) is 13.8. The fourth-order valence-electron chi connectivity index (χ4n) is 2.56. The third-order valence-corrected chi connectivity index (χ3v) is 3.91. The summed E-state index contributed by atoms with van der Waals surface area (Å²) in [4.78, 5) is 16.2. The average molecular weight is 369 g/mol. The number of methoxy groups -OCH3 is 1. The van der Waals surface area contributed by atoms with E-state index >= 15 is 0 Å². The molecule has 23 heavy (non-hydrogen) atoms. The molecule has 1 aromatic heterocycles. The van der Waals surface area contributed by atoms with Gasteiger partial charge in [-0.1, -0.05) is 5.16 Å². The highest BCUT2D eigenvalue weighted by molar-refractivity contribution is 5.85. The topological polar surface area (TPSA) is 84.8 Å². The summed E-state index contributed by atoms with van der Waals surface area (Å²) >= 11 is 0. The highest BCUT2D eigenvalue weighted by Crippen LogP contribution is 2.16. The van der Waals surface area contributed by atoms with E-state index in [0.29, 0.717) is 13.1 Å². The molecule has 0 aromatic carbocycles. The van der Waals surface area contributed by atoms with Gasteiger partial charge in [0.05, 0.1) is 12.3 Å². The van der Waals surface area contributed by atoms with Crippen LogP contribution in [0.3, 0.4) is 0 Å². The number of aryl methyl sites for hydroxylation is 2. The lowest BCUT2D eigenvalue weighted by molar-refractivity contribution is -0.135. The third kappa shape index (κ3) is 5.61. The van der Waals surface area contributed by atoms with Crippen molar-refractivity contribution < 1.29 is 14.1 Å². The van der Waals surface area contributed by atoms with Crippen molar-refractivity contribution in [3.63, 3.8) is 0 Å². The maximum atomic E-state index is 12.1. The molecule has 1 amide bonds. The molecule has 0 bridgehead atoms. The molecule has 2 heterocycles. The van der Waals surface area contributed by atoms with E-state index < -0.39 is 6.04 Å². The van der Waals surface area contributed by atoms with Crippen molar-refractivity contribution in [3.8, 4) is 0 Å². The monoisotopic (exact) mass is 368 g/mol. The van der Waals surface area contributed by atoms with Crippen LogP contribution in [-0.2, 0) is 16.1 Å². The third-order valence-electron chi connectivity index (χ3n) is 3.91. The zero-order chi connectivity index (χ0) is 15.4. The summed E-state index contributed by atoms with van der Waals surface area (Å²) in [6.45, 7) is 8.00. The summed E-state index contributed by atoms with van der Waals surface area (Å²) in [7, 11) is 1.55. The molecule has 1 aromatic rings. The van der Waals surface area contributed by atoms with Gasteiger partial charge in [0.2, 0.25) is 5.91 Å². The van der Waals surface area contributed by atoms with Gasteiger partial charge in [-0.2, -0.15) is 0 Å². The summed E-state index contributed by atoms with van der Waals surface area (Å²) in [5, 5.41) is 3.97. The largest absolute Gasteiger partial charge is 0.383 e. The number of aromatic nitrogens is 1. The number of piperazine rings is 1. The van der Waals surface area contributed by atoms with Crippen LogP contribution in [-0.4, -0.2) is 66.8 Å². The fourth-order valence-corrected chi connectivity index (χ4v) is 2.56. The molecule has 0 saturated carbocycles. The van der Waals surface area contributed by atoms with Crippen molar-refractivity contribution in [2.45, 2.75) is 26.4 Å². The summed E-state index contributed by atoms with van der Waals surface area (Å²) < 4.78 is 10.1. The van der Waals surface area contributed by atoms with E-state index in [0.717, 1.165) is 36.7 Å². The Morgan fingerprint density at radius 1 is 1.30 bits per heavy atom. The van der Waals surface area contributed by atoms with Crippen LogP contribution < -0.4 is 5.73 Å². The Bertz CT molecular complexity index is 471. The summed E-state index contributed by atoms with van der Waals surface area (Å²) in [5.41, 5.74) is 7.87. The number of rotatable bonds is 5. The Kier molecular flexibility index (Phi) is 9.72. The first-order valence-electron chi connectivity index (χ1n) is 7.20. The van der Waals surface area contributed by atoms with Crippen LogP contribution in [0.5, 0.6) is 0 Å². The van der Waals surface area contributed by atoms with Gasteiger partial charge >= 0.3 is 0 Å². The molecule has 0 spiro atoms. The molecule has 1 aliphatic rings. The second kappa shape index (κ2) is 10.1. The van der Waals surface area contributed by atoms with Gasteiger partial charge in [-0.25, -0.2) is 0 Å². The molecule has 1 fully saturated rings. The van der Waals surface area contributed by atoms with Gasteiger partial charge in [-0.05, 0) is 13.8 Å². The van der Waals surface area contributed by atoms with E-state index in [1.165, 1.54) is 0 Å². The molecule has 1 aliphatic heterocycles. The molecule has 1 atom stereocenters. The van der Waals surface area contributed by atoms with Gasteiger partial charge in [0.15, 0.2) is 0 Å².